The lowest BCUT2D eigenvalue weighted by Crippen LogP contribution is -3.09. The van der Waals surface area contributed by atoms with Gasteiger partial charge in [-0.1, -0.05) is 382 Å². The van der Waals surface area contributed by atoms with E-state index in [0.717, 1.165) is 0 Å². The third-order valence-corrected chi connectivity index (χ3v) is 27.7. The number of fused-ring (bicyclic) bond motifs is 20. The molecular weight excluding hydrogens is 1430 g/mol. The van der Waals surface area contributed by atoms with E-state index in [4.69, 9.17) is 0 Å². The van der Waals surface area contributed by atoms with Crippen molar-refractivity contribution in [3.05, 3.63) is 315 Å². The van der Waals surface area contributed by atoms with Gasteiger partial charge in [-0.15, -0.1) is 0 Å². The predicted molar refractivity (Wildman–Crippen MR) is 529 cm³/mol. The Morgan fingerprint density at radius 1 is 0.160 bits per heavy atom. The normalized spacial score (nSPS) is 12.3. The standard InChI is InChI=1S/C88H52B.C29H61N/c1-5-17-57-45-73-65(37-53(57)13-1)29-33-69-41-61-21-9-25-85(81(61)49-77(69)73)89(86-26-10-22-62-42-70-34-30-66-38-54-14-2-6-18-58(54)46-74(66)78(70)50-82(62)86,87-27-11-23-63-43-71-35-31-67-39-55-15-3-7-19-59(55)47-75(67)79(71)51-83(63)87)88-28-12-24-64-44-72-36-32-68-40-56-16-4-8-20-60(56)48-76(68)80(72)52-84(64)88;1-4-6-8-10-12-14-16-18-20-22-24-26-28-30(3)29-27-25-23-21-19-17-15-13-11-9-7-5-2/h1-52H;4-29H2,1-3H3/q-1;/p+1. The first-order chi connectivity index (χ1) is 58.8. The first-order valence-corrected chi connectivity index (χ1v) is 45.9. The fourth-order valence-corrected chi connectivity index (χ4v) is 21.4. The lowest BCUT2D eigenvalue weighted by molar-refractivity contribution is -0.880. The van der Waals surface area contributed by atoms with Gasteiger partial charge in [-0.2, -0.15) is 21.9 Å². The topological polar surface area (TPSA) is 4.44 Å². The van der Waals surface area contributed by atoms with Crippen LogP contribution < -0.4 is 26.8 Å². The van der Waals surface area contributed by atoms with E-state index >= 15 is 0 Å². The van der Waals surface area contributed by atoms with Gasteiger partial charge in [-0.05, 0) is 274 Å². The number of rotatable bonds is 30. The van der Waals surface area contributed by atoms with Crippen LogP contribution in [0.15, 0.2) is 315 Å². The molecule has 20 rings (SSSR count). The third-order valence-electron chi connectivity index (χ3n) is 27.7. The van der Waals surface area contributed by atoms with Crippen LogP contribution in [0.1, 0.15) is 168 Å². The van der Waals surface area contributed by atoms with Gasteiger partial charge in [0.05, 0.1) is 20.1 Å². The Hall–Kier alpha value is -11.4. The minimum Gasteiger partial charge on any atom is -0.337 e. The molecule has 0 atom stereocenters. The van der Waals surface area contributed by atoms with Crippen LogP contribution in [-0.4, -0.2) is 26.3 Å². The molecule has 590 valence electrons. The Kier molecular flexibility index (Phi) is 23.0. The smallest absolute Gasteiger partial charge is 0.111 e. The van der Waals surface area contributed by atoms with Crippen LogP contribution in [0.3, 0.4) is 0 Å². The lowest BCUT2D eigenvalue weighted by atomic mass is 9.12. The highest BCUT2D eigenvalue weighted by Crippen LogP contribution is 2.41. The summed E-state index contributed by atoms with van der Waals surface area (Å²) >= 11 is 0. The van der Waals surface area contributed by atoms with Crippen molar-refractivity contribution in [3.8, 4) is 0 Å². The van der Waals surface area contributed by atoms with Crippen molar-refractivity contribution >= 4 is 200 Å². The maximum Gasteiger partial charge on any atom is 0.111 e. The zero-order valence-electron chi connectivity index (χ0n) is 70.5. The van der Waals surface area contributed by atoms with E-state index in [9.17, 15) is 0 Å². The minimum atomic E-state index is -2.23. The van der Waals surface area contributed by atoms with Gasteiger partial charge < -0.3 is 4.90 Å². The van der Waals surface area contributed by atoms with Crippen LogP contribution in [0.5, 0.6) is 0 Å². The second kappa shape index (κ2) is 35.3. The molecule has 0 aliphatic heterocycles. The average Bonchev–Trinajstić information content (AvgIpc) is 0.688. The van der Waals surface area contributed by atoms with E-state index in [-0.39, 0.29) is 0 Å². The maximum absolute atomic E-state index is 2.57. The fourth-order valence-electron chi connectivity index (χ4n) is 21.4. The molecule has 0 fully saturated rings. The number of hydrogen-bond acceptors (Lipinski definition) is 0. The SMILES string of the molecule is CCCCCCCCCCCCCC[NH+](C)CCCCCCCCCCCCCC.c1ccc2cc3c(ccc4cc5cccc([B-](c6cccc7cc8ccc9cc%10ccccc%10cc9c8cc67)(c6cccc7cc8ccc9cc%10ccccc%10cc9c8cc67)c6cccc7cc8ccc9cc%10ccccc%10cc9c8cc67)c5cc43)cc2c1. The monoisotopic (exact) mass is 1540 g/mol. The average molecular weight is 1550 g/mol. The van der Waals surface area contributed by atoms with Crippen LogP contribution in [0.25, 0.3) is 172 Å². The van der Waals surface area contributed by atoms with Gasteiger partial charge in [0.25, 0.3) is 0 Å². The number of nitrogens with one attached hydrogen (secondary N) is 1. The molecular formula is C117H114BN. The molecule has 0 amide bonds. The van der Waals surface area contributed by atoms with Crippen LogP contribution in [0.2, 0.25) is 0 Å². The summed E-state index contributed by atoms with van der Waals surface area (Å²) in [5, 5.41) is 39.8. The quantitative estimate of drug-likeness (QED) is 0.0198. The van der Waals surface area contributed by atoms with E-state index in [1.165, 1.54) is 361 Å². The first-order valence-electron chi connectivity index (χ1n) is 45.9. The van der Waals surface area contributed by atoms with Gasteiger partial charge in [0, 0.05) is 0 Å². The van der Waals surface area contributed by atoms with Crippen LogP contribution >= 0.6 is 0 Å². The Labute approximate surface area is 704 Å². The summed E-state index contributed by atoms with van der Waals surface area (Å²) in [6.07, 6.45) is 32.8. The Bertz CT molecular complexity index is 6320. The third kappa shape index (κ3) is 15.7. The van der Waals surface area contributed by atoms with Gasteiger partial charge >= 0.3 is 0 Å². The largest absolute Gasteiger partial charge is 0.337 e. The predicted octanol–water partition coefficient (Wildman–Crippen LogP) is 30.4. The van der Waals surface area contributed by atoms with E-state index < -0.39 is 6.15 Å². The van der Waals surface area contributed by atoms with Crippen molar-refractivity contribution in [2.75, 3.05) is 20.1 Å². The molecule has 1 N–H and O–H groups in total. The lowest BCUT2D eigenvalue weighted by Gasteiger charge is -2.47. The molecule has 1 nitrogen and oxygen atoms in total. The molecule has 0 unspecified atom stereocenters. The fraction of sp³-hybridized carbons (Fsp3) is 0.248. The van der Waals surface area contributed by atoms with Crippen molar-refractivity contribution in [2.45, 2.75) is 168 Å². The molecule has 0 radical (unpaired) electrons. The van der Waals surface area contributed by atoms with Gasteiger partial charge in [-0.3, -0.25) is 0 Å². The second-order valence-electron chi connectivity index (χ2n) is 35.6. The molecule has 0 bridgehead atoms. The highest BCUT2D eigenvalue weighted by Gasteiger charge is 2.37. The van der Waals surface area contributed by atoms with Crippen LogP contribution in [-0.2, 0) is 0 Å². The van der Waals surface area contributed by atoms with Crippen molar-refractivity contribution in [2.24, 2.45) is 0 Å². The van der Waals surface area contributed by atoms with E-state index in [1.807, 2.05) is 0 Å². The van der Waals surface area contributed by atoms with Crippen molar-refractivity contribution in [1.82, 2.24) is 0 Å². The summed E-state index contributed by atoms with van der Waals surface area (Å²) in [6.45, 7) is 7.40. The van der Waals surface area contributed by atoms with Crippen molar-refractivity contribution in [3.63, 3.8) is 0 Å². The number of unbranched alkanes of at least 4 members (excludes halogenated alkanes) is 22. The summed E-state index contributed by atoms with van der Waals surface area (Å²) < 4.78 is 0. The number of benzene rings is 20. The number of hydrogen-bond donors (Lipinski definition) is 1. The highest BCUT2D eigenvalue weighted by molar-refractivity contribution is 7.23. The van der Waals surface area contributed by atoms with Crippen molar-refractivity contribution < 1.29 is 4.90 Å². The Morgan fingerprint density at radius 3 is 0.546 bits per heavy atom. The van der Waals surface area contributed by atoms with Crippen LogP contribution in [0, 0.1) is 0 Å². The summed E-state index contributed by atoms with van der Waals surface area (Å²) in [4.78, 5) is 1.77. The first kappa shape index (κ1) is 77.5. The summed E-state index contributed by atoms with van der Waals surface area (Å²) in [6, 6.07) is 122. The maximum atomic E-state index is 2.57. The molecule has 0 aliphatic carbocycles. The van der Waals surface area contributed by atoms with E-state index in [0.29, 0.717) is 0 Å². The molecule has 0 spiro atoms. The molecule has 0 heterocycles. The van der Waals surface area contributed by atoms with Gasteiger partial charge in [0.2, 0.25) is 0 Å². The molecule has 2 heteroatoms. The number of quaternary nitrogens is 1. The molecule has 0 saturated heterocycles. The zero-order valence-corrected chi connectivity index (χ0v) is 70.5. The second-order valence-corrected chi connectivity index (χ2v) is 35.6. The molecule has 0 aliphatic rings. The molecule has 0 saturated carbocycles. The summed E-state index contributed by atoms with van der Waals surface area (Å²) in [5.74, 6) is 0. The summed E-state index contributed by atoms with van der Waals surface area (Å²) in [7, 11) is 2.41. The van der Waals surface area contributed by atoms with E-state index in [2.05, 4.69) is 336 Å². The van der Waals surface area contributed by atoms with Gasteiger partial charge in [0.1, 0.15) is 6.15 Å². The van der Waals surface area contributed by atoms with Crippen molar-refractivity contribution in [1.29, 1.82) is 0 Å². The Morgan fingerprint density at radius 2 is 0.328 bits per heavy atom. The molecule has 119 heavy (non-hydrogen) atoms. The molecule has 20 aromatic rings. The van der Waals surface area contributed by atoms with Crippen LogP contribution in [0.4, 0.5) is 0 Å². The molecule has 20 aromatic carbocycles. The Balaban J connectivity index is 0.000000269. The molecule has 0 aromatic heterocycles. The zero-order chi connectivity index (χ0) is 80.0. The van der Waals surface area contributed by atoms with Gasteiger partial charge in [-0.25, -0.2) is 0 Å². The van der Waals surface area contributed by atoms with Gasteiger partial charge in [0.15, 0.2) is 0 Å². The summed E-state index contributed by atoms with van der Waals surface area (Å²) in [5.41, 5.74) is 5.19. The minimum absolute atomic E-state index is 1.22. The highest BCUT2D eigenvalue weighted by atomic mass is 15.1. The van der Waals surface area contributed by atoms with E-state index in [1.54, 1.807) is 4.90 Å².